The minimum Gasteiger partial charge on any atom is -0.496 e. The number of nitro groups is 1. The Morgan fingerprint density at radius 3 is 2.39 bits per heavy atom. The summed E-state index contributed by atoms with van der Waals surface area (Å²) in [6, 6.07) is 16.9. The molecule has 0 saturated heterocycles. The molecule has 0 fully saturated rings. The van der Waals surface area contributed by atoms with Crippen LogP contribution in [0.2, 0.25) is 0 Å². The van der Waals surface area contributed by atoms with Gasteiger partial charge in [-0.15, -0.1) is 0 Å². The fourth-order valence-electron chi connectivity index (χ4n) is 2.72. The maximum Gasteiger partial charge on any atom is 0.343 e. The van der Waals surface area contributed by atoms with Crippen molar-refractivity contribution < 1.29 is 24.0 Å². The van der Waals surface area contributed by atoms with Gasteiger partial charge in [-0.3, -0.25) is 14.9 Å². The fraction of sp³-hybridized carbons (Fsp3) is 0.0435. The topological polar surface area (TPSA) is 95.7 Å². The van der Waals surface area contributed by atoms with Crippen molar-refractivity contribution in [2.24, 2.45) is 0 Å². The lowest BCUT2D eigenvalue weighted by Crippen LogP contribution is -2.11. The van der Waals surface area contributed by atoms with Crippen molar-refractivity contribution in [2.75, 3.05) is 7.11 Å². The van der Waals surface area contributed by atoms with E-state index in [1.807, 2.05) is 12.1 Å². The third-order valence-electron chi connectivity index (χ3n) is 4.28. The van der Waals surface area contributed by atoms with Crippen molar-refractivity contribution in [2.45, 2.75) is 0 Å². The highest BCUT2D eigenvalue weighted by atomic mass is 79.9. The van der Waals surface area contributed by atoms with E-state index in [4.69, 9.17) is 9.47 Å². The van der Waals surface area contributed by atoms with Crippen LogP contribution in [0, 0.1) is 10.1 Å². The normalized spacial score (nSPS) is 10.6. The molecule has 0 aliphatic rings. The van der Waals surface area contributed by atoms with Crippen molar-refractivity contribution in [1.29, 1.82) is 0 Å². The van der Waals surface area contributed by atoms with Gasteiger partial charge in [-0.2, -0.15) is 0 Å². The average Bonchev–Trinajstić information content (AvgIpc) is 2.78. The quantitative estimate of drug-likeness (QED) is 0.111. The summed E-state index contributed by atoms with van der Waals surface area (Å²) in [6.45, 7) is 0. The van der Waals surface area contributed by atoms with Gasteiger partial charge >= 0.3 is 5.97 Å². The second-order valence-corrected chi connectivity index (χ2v) is 7.19. The van der Waals surface area contributed by atoms with Gasteiger partial charge in [0, 0.05) is 22.2 Å². The molecule has 0 radical (unpaired) electrons. The van der Waals surface area contributed by atoms with Crippen LogP contribution in [0.15, 0.2) is 77.3 Å². The van der Waals surface area contributed by atoms with Crippen LogP contribution in [0.3, 0.4) is 0 Å². The third-order valence-corrected chi connectivity index (χ3v) is 4.77. The second-order valence-electron chi connectivity index (χ2n) is 6.27. The summed E-state index contributed by atoms with van der Waals surface area (Å²) >= 11 is 3.32. The molecule has 3 aromatic carbocycles. The Morgan fingerprint density at radius 2 is 1.71 bits per heavy atom. The first-order valence-corrected chi connectivity index (χ1v) is 9.80. The van der Waals surface area contributed by atoms with Crippen LogP contribution in [-0.4, -0.2) is 23.8 Å². The summed E-state index contributed by atoms with van der Waals surface area (Å²) in [4.78, 5) is 35.5. The molecule has 0 aliphatic heterocycles. The lowest BCUT2D eigenvalue weighted by molar-refractivity contribution is -0.384. The van der Waals surface area contributed by atoms with Gasteiger partial charge in [0.1, 0.15) is 11.5 Å². The van der Waals surface area contributed by atoms with Crippen LogP contribution in [0.5, 0.6) is 11.5 Å². The Balaban J connectivity index is 1.84. The van der Waals surface area contributed by atoms with Crippen LogP contribution >= 0.6 is 15.9 Å². The molecule has 0 amide bonds. The number of allylic oxidation sites excluding steroid dienone is 1. The van der Waals surface area contributed by atoms with Crippen molar-refractivity contribution in [3.63, 3.8) is 0 Å². The Kier molecular flexibility index (Phi) is 6.94. The van der Waals surface area contributed by atoms with Crippen molar-refractivity contribution in [3.05, 3.63) is 104 Å². The van der Waals surface area contributed by atoms with Crippen LogP contribution in [0.1, 0.15) is 26.3 Å². The Hall–Kier alpha value is -3.78. The van der Waals surface area contributed by atoms with Gasteiger partial charge in [-0.1, -0.05) is 34.1 Å². The van der Waals surface area contributed by atoms with Gasteiger partial charge in [0.2, 0.25) is 0 Å². The predicted molar refractivity (Wildman–Crippen MR) is 119 cm³/mol. The van der Waals surface area contributed by atoms with Crippen molar-refractivity contribution in [3.8, 4) is 11.5 Å². The maximum atomic E-state index is 12.8. The minimum atomic E-state index is -0.736. The standard InChI is InChI=1S/C23H16BrNO6/c1-30-21-5-3-2-4-15(21)8-12-20(26)19-14-17(24)9-13-22(19)31-23(27)16-6-10-18(11-7-16)25(28)29/h2-14H,1H3. The van der Waals surface area contributed by atoms with E-state index in [0.29, 0.717) is 10.2 Å². The lowest BCUT2D eigenvalue weighted by atomic mass is 10.1. The minimum absolute atomic E-state index is 0.0706. The number of hydrogen-bond acceptors (Lipinski definition) is 6. The van der Waals surface area contributed by atoms with Crippen LogP contribution in [0.25, 0.3) is 6.08 Å². The molecular weight excluding hydrogens is 466 g/mol. The number of rotatable bonds is 7. The van der Waals surface area contributed by atoms with Crippen LogP contribution < -0.4 is 9.47 Å². The highest BCUT2D eigenvalue weighted by molar-refractivity contribution is 9.10. The number of non-ortho nitro benzene ring substituents is 1. The van der Waals surface area contributed by atoms with Crippen molar-refractivity contribution >= 4 is 39.4 Å². The lowest BCUT2D eigenvalue weighted by Gasteiger charge is -2.09. The molecule has 0 bridgehead atoms. The summed E-state index contributed by atoms with van der Waals surface area (Å²) in [7, 11) is 1.54. The van der Waals surface area contributed by atoms with E-state index in [2.05, 4.69) is 15.9 Å². The van der Waals surface area contributed by atoms with E-state index < -0.39 is 10.9 Å². The van der Waals surface area contributed by atoms with Gasteiger partial charge in [0.15, 0.2) is 5.78 Å². The molecule has 0 atom stereocenters. The molecule has 0 spiro atoms. The molecule has 0 saturated carbocycles. The van der Waals surface area contributed by atoms with Gasteiger partial charge in [0.25, 0.3) is 5.69 Å². The zero-order chi connectivity index (χ0) is 22.4. The number of nitrogens with zero attached hydrogens (tertiary/aromatic N) is 1. The number of halogens is 1. The number of methoxy groups -OCH3 is 1. The Bertz CT molecular complexity index is 1170. The molecular formula is C23H16BrNO6. The number of carbonyl (C=O) groups excluding carboxylic acids is 2. The van der Waals surface area contributed by atoms with E-state index in [1.54, 1.807) is 37.5 Å². The van der Waals surface area contributed by atoms with E-state index >= 15 is 0 Å². The molecule has 0 heterocycles. The number of carbonyl (C=O) groups is 2. The van der Waals surface area contributed by atoms with E-state index in [9.17, 15) is 19.7 Å². The smallest absolute Gasteiger partial charge is 0.343 e. The molecule has 0 aromatic heterocycles. The number of ketones is 1. The SMILES string of the molecule is COc1ccccc1C=CC(=O)c1cc(Br)ccc1OC(=O)c1ccc([N+](=O)[O-])cc1. The summed E-state index contributed by atoms with van der Waals surface area (Å²) in [5.74, 6) is -0.425. The molecule has 0 unspecified atom stereocenters. The monoisotopic (exact) mass is 481 g/mol. The number of nitro benzene ring substituents is 1. The number of para-hydroxylation sites is 1. The van der Waals surface area contributed by atoms with Gasteiger partial charge < -0.3 is 9.47 Å². The first-order valence-electron chi connectivity index (χ1n) is 9.00. The van der Waals surface area contributed by atoms with Gasteiger partial charge in [0.05, 0.1) is 23.2 Å². The predicted octanol–water partition coefficient (Wildman–Crippen LogP) is 5.48. The van der Waals surface area contributed by atoms with E-state index in [1.165, 1.54) is 36.4 Å². The van der Waals surface area contributed by atoms with E-state index in [0.717, 1.165) is 5.56 Å². The van der Waals surface area contributed by atoms with E-state index in [-0.39, 0.29) is 28.3 Å². The highest BCUT2D eigenvalue weighted by Crippen LogP contribution is 2.26. The van der Waals surface area contributed by atoms with Gasteiger partial charge in [-0.05, 0) is 48.6 Å². The number of hydrogen-bond donors (Lipinski definition) is 0. The molecule has 7 nitrogen and oxygen atoms in total. The molecule has 8 heteroatoms. The Labute approximate surface area is 186 Å². The Morgan fingerprint density at radius 1 is 1.00 bits per heavy atom. The molecule has 3 rings (SSSR count). The second kappa shape index (κ2) is 9.82. The summed E-state index contributed by atoms with van der Waals surface area (Å²) in [5, 5.41) is 10.8. The van der Waals surface area contributed by atoms with Crippen molar-refractivity contribution in [1.82, 2.24) is 0 Å². The van der Waals surface area contributed by atoms with Crippen LogP contribution in [-0.2, 0) is 0 Å². The zero-order valence-electron chi connectivity index (χ0n) is 16.3. The third kappa shape index (κ3) is 5.43. The molecule has 156 valence electrons. The zero-order valence-corrected chi connectivity index (χ0v) is 17.9. The molecule has 31 heavy (non-hydrogen) atoms. The average molecular weight is 482 g/mol. The fourth-order valence-corrected chi connectivity index (χ4v) is 3.08. The van der Waals surface area contributed by atoms with Crippen LogP contribution in [0.4, 0.5) is 5.69 Å². The number of ether oxygens (including phenoxy) is 2. The first kappa shape index (κ1) is 21.9. The first-order chi connectivity index (χ1) is 14.9. The largest absolute Gasteiger partial charge is 0.496 e. The molecule has 0 aliphatic carbocycles. The summed E-state index contributed by atoms with van der Waals surface area (Å²) in [5.41, 5.74) is 0.877. The molecule has 0 N–H and O–H groups in total. The maximum absolute atomic E-state index is 12.8. The summed E-state index contributed by atoms with van der Waals surface area (Å²) < 4.78 is 11.3. The van der Waals surface area contributed by atoms with Gasteiger partial charge in [-0.25, -0.2) is 4.79 Å². The highest BCUT2D eigenvalue weighted by Gasteiger charge is 2.17. The number of benzene rings is 3. The summed E-state index contributed by atoms with van der Waals surface area (Å²) in [6.07, 6.45) is 2.98. The molecule has 3 aromatic rings. The number of esters is 1.